The SMILES string of the molecule is C=C(C)[C@@H]1CCC(C)(O)[C@@H](O)C1. The van der Waals surface area contributed by atoms with Crippen LogP contribution in [0, 0.1) is 5.92 Å². The minimum Gasteiger partial charge on any atom is -0.390 e. The van der Waals surface area contributed by atoms with Crippen molar-refractivity contribution in [2.45, 2.75) is 44.8 Å². The number of hydrogen-bond donors (Lipinski definition) is 2. The molecule has 0 aromatic rings. The molecule has 2 heteroatoms. The molecule has 0 bridgehead atoms. The summed E-state index contributed by atoms with van der Waals surface area (Å²) in [6, 6.07) is 0. The molecule has 1 saturated carbocycles. The molecular weight excluding hydrogens is 152 g/mol. The van der Waals surface area contributed by atoms with Crippen molar-refractivity contribution in [3.63, 3.8) is 0 Å². The van der Waals surface area contributed by atoms with Crippen LogP contribution < -0.4 is 0 Å². The minimum atomic E-state index is -0.883. The minimum absolute atomic E-state index is 0.389. The molecule has 0 spiro atoms. The summed E-state index contributed by atoms with van der Waals surface area (Å²) in [6.45, 7) is 7.55. The van der Waals surface area contributed by atoms with Crippen molar-refractivity contribution >= 4 is 0 Å². The molecule has 1 fully saturated rings. The van der Waals surface area contributed by atoms with E-state index in [2.05, 4.69) is 6.58 Å². The third-order valence-electron chi connectivity index (χ3n) is 2.92. The first-order valence-corrected chi connectivity index (χ1v) is 4.49. The van der Waals surface area contributed by atoms with Crippen molar-refractivity contribution in [1.82, 2.24) is 0 Å². The van der Waals surface area contributed by atoms with Crippen molar-refractivity contribution in [3.05, 3.63) is 12.2 Å². The topological polar surface area (TPSA) is 40.5 Å². The van der Waals surface area contributed by atoms with Gasteiger partial charge in [-0.15, -0.1) is 0 Å². The molecular formula is C10H18O2. The number of aliphatic hydroxyl groups excluding tert-OH is 1. The third kappa shape index (κ3) is 1.87. The number of aliphatic hydroxyl groups is 2. The van der Waals surface area contributed by atoms with Crippen molar-refractivity contribution in [2.75, 3.05) is 0 Å². The molecule has 2 nitrogen and oxygen atoms in total. The van der Waals surface area contributed by atoms with Gasteiger partial charge in [-0.25, -0.2) is 0 Å². The van der Waals surface area contributed by atoms with Crippen LogP contribution in [-0.2, 0) is 0 Å². The molecule has 1 aliphatic carbocycles. The van der Waals surface area contributed by atoms with Gasteiger partial charge in [-0.05, 0) is 39.0 Å². The Morgan fingerprint density at radius 3 is 2.58 bits per heavy atom. The van der Waals surface area contributed by atoms with E-state index in [1.54, 1.807) is 6.92 Å². The zero-order valence-corrected chi connectivity index (χ0v) is 7.88. The molecule has 0 radical (unpaired) electrons. The fourth-order valence-corrected chi connectivity index (χ4v) is 1.72. The second-order valence-corrected chi connectivity index (χ2v) is 4.19. The highest BCUT2D eigenvalue weighted by molar-refractivity contribution is 5.02. The van der Waals surface area contributed by atoms with Crippen LogP contribution in [0.2, 0.25) is 0 Å². The molecule has 1 rings (SSSR count). The molecule has 0 saturated heterocycles. The summed E-state index contributed by atoms with van der Waals surface area (Å²) in [5.41, 5.74) is 0.232. The molecule has 2 N–H and O–H groups in total. The van der Waals surface area contributed by atoms with E-state index in [4.69, 9.17) is 0 Å². The fourth-order valence-electron chi connectivity index (χ4n) is 1.72. The van der Waals surface area contributed by atoms with E-state index >= 15 is 0 Å². The van der Waals surface area contributed by atoms with Gasteiger partial charge in [0.05, 0.1) is 11.7 Å². The second kappa shape index (κ2) is 3.19. The lowest BCUT2D eigenvalue weighted by Crippen LogP contribution is -2.44. The zero-order chi connectivity index (χ0) is 9.35. The van der Waals surface area contributed by atoms with Gasteiger partial charge < -0.3 is 10.2 Å². The van der Waals surface area contributed by atoms with Gasteiger partial charge in [0.2, 0.25) is 0 Å². The highest BCUT2D eigenvalue weighted by Crippen LogP contribution is 2.34. The van der Waals surface area contributed by atoms with Gasteiger partial charge in [0, 0.05) is 0 Å². The van der Waals surface area contributed by atoms with E-state index in [0.29, 0.717) is 18.8 Å². The van der Waals surface area contributed by atoms with Gasteiger partial charge in [0.25, 0.3) is 0 Å². The summed E-state index contributed by atoms with van der Waals surface area (Å²) < 4.78 is 0. The standard InChI is InChI=1S/C10H18O2/c1-7(2)8-4-5-10(3,12)9(11)6-8/h8-9,11-12H,1,4-6H2,2-3H3/t8-,9+,10?/m1/s1. The molecule has 1 unspecified atom stereocenters. The molecule has 3 atom stereocenters. The number of allylic oxidation sites excluding steroid dienone is 1. The van der Waals surface area contributed by atoms with Gasteiger partial charge in [-0.2, -0.15) is 0 Å². The third-order valence-corrected chi connectivity index (χ3v) is 2.92. The van der Waals surface area contributed by atoms with E-state index < -0.39 is 11.7 Å². The Morgan fingerprint density at radius 1 is 1.58 bits per heavy atom. The van der Waals surface area contributed by atoms with Gasteiger partial charge in [-0.1, -0.05) is 12.2 Å². The average Bonchev–Trinajstić information content (AvgIpc) is 1.94. The first-order valence-electron chi connectivity index (χ1n) is 4.49. The van der Waals surface area contributed by atoms with Crippen LogP contribution in [-0.4, -0.2) is 21.9 Å². The Hall–Kier alpha value is -0.340. The van der Waals surface area contributed by atoms with E-state index in [0.717, 1.165) is 12.0 Å². The molecule has 0 aromatic heterocycles. The highest BCUT2D eigenvalue weighted by Gasteiger charge is 2.37. The van der Waals surface area contributed by atoms with Gasteiger partial charge in [0.15, 0.2) is 0 Å². The van der Waals surface area contributed by atoms with Crippen LogP contribution in [0.25, 0.3) is 0 Å². The molecule has 1 aliphatic rings. The van der Waals surface area contributed by atoms with Crippen molar-refractivity contribution in [2.24, 2.45) is 5.92 Å². The quantitative estimate of drug-likeness (QED) is 0.585. The first kappa shape index (κ1) is 9.75. The summed E-state index contributed by atoms with van der Waals surface area (Å²) in [4.78, 5) is 0. The van der Waals surface area contributed by atoms with Gasteiger partial charge in [-0.3, -0.25) is 0 Å². The molecule has 12 heavy (non-hydrogen) atoms. The summed E-state index contributed by atoms with van der Waals surface area (Å²) in [7, 11) is 0. The largest absolute Gasteiger partial charge is 0.390 e. The first-order chi connectivity index (χ1) is 5.43. The Morgan fingerprint density at radius 2 is 2.17 bits per heavy atom. The Labute approximate surface area is 73.9 Å². The molecule has 0 aliphatic heterocycles. The fraction of sp³-hybridized carbons (Fsp3) is 0.800. The zero-order valence-electron chi connectivity index (χ0n) is 7.88. The van der Waals surface area contributed by atoms with E-state index in [1.807, 2.05) is 6.92 Å². The number of hydrogen-bond acceptors (Lipinski definition) is 2. The molecule has 70 valence electrons. The predicted octanol–water partition coefficient (Wildman–Crippen LogP) is 1.47. The van der Waals surface area contributed by atoms with Gasteiger partial charge >= 0.3 is 0 Å². The lowest BCUT2D eigenvalue weighted by Gasteiger charge is -2.38. The maximum absolute atomic E-state index is 9.66. The van der Waals surface area contributed by atoms with E-state index in [1.165, 1.54) is 0 Å². The predicted molar refractivity (Wildman–Crippen MR) is 48.8 cm³/mol. The lowest BCUT2D eigenvalue weighted by atomic mass is 9.75. The van der Waals surface area contributed by atoms with Crippen LogP contribution in [0.1, 0.15) is 33.1 Å². The Kier molecular flexibility index (Phi) is 2.59. The maximum Gasteiger partial charge on any atom is 0.0877 e. The van der Waals surface area contributed by atoms with Crippen molar-refractivity contribution in [3.8, 4) is 0 Å². The second-order valence-electron chi connectivity index (χ2n) is 4.19. The van der Waals surface area contributed by atoms with Crippen LogP contribution in [0.5, 0.6) is 0 Å². The van der Waals surface area contributed by atoms with Crippen LogP contribution in [0.15, 0.2) is 12.2 Å². The normalized spacial score (nSPS) is 42.7. The van der Waals surface area contributed by atoms with Gasteiger partial charge in [0.1, 0.15) is 0 Å². The smallest absolute Gasteiger partial charge is 0.0877 e. The van der Waals surface area contributed by atoms with Crippen LogP contribution >= 0.6 is 0 Å². The lowest BCUT2D eigenvalue weighted by molar-refractivity contribution is -0.0952. The molecule has 0 amide bonds. The molecule has 0 heterocycles. The summed E-state index contributed by atoms with van der Waals surface area (Å²) in [6.07, 6.45) is 1.68. The molecule has 0 aromatic carbocycles. The van der Waals surface area contributed by atoms with Crippen molar-refractivity contribution < 1.29 is 10.2 Å². The summed E-state index contributed by atoms with van der Waals surface area (Å²) in [5.74, 6) is 0.389. The summed E-state index contributed by atoms with van der Waals surface area (Å²) in [5, 5.41) is 19.2. The highest BCUT2D eigenvalue weighted by atomic mass is 16.3. The monoisotopic (exact) mass is 170 g/mol. The summed E-state index contributed by atoms with van der Waals surface area (Å²) >= 11 is 0. The maximum atomic E-state index is 9.66. The van der Waals surface area contributed by atoms with Crippen LogP contribution in [0.4, 0.5) is 0 Å². The number of rotatable bonds is 1. The van der Waals surface area contributed by atoms with E-state index in [9.17, 15) is 10.2 Å². The van der Waals surface area contributed by atoms with E-state index in [-0.39, 0.29) is 0 Å². The Bertz CT molecular complexity index is 184. The van der Waals surface area contributed by atoms with Crippen LogP contribution in [0.3, 0.4) is 0 Å². The van der Waals surface area contributed by atoms with Crippen molar-refractivity contribution in [1.29, 1.82) is 0 Å². The average molecular weight is 170 g/mol. The Balaban J connectivity index is 2.58.